The van der Waals surface area contributed by atoms with E-state index < -0.39 is 0 Å². The lowest BCUT2D eigenvalue weighted by Gasteiger charge is -2.06. The molecule has 0 amide bonds. The smallest absolute Gasteiger partial charge is 0.235 e. The SMILES string of the molecule is S=c1nnn(C2CCCN2)[nH]1. The first-order valence-corrected chi connectivity index (χ1v) is 4.02. The van der Waals surface area contributed by atoms with Crippen LogP contribution >= 0.6 is 12.2 Å². The van der Waals surface area contributed by atoms with Crippen LogP contribution in [0.15, 0.2) is 0 Å². The second-order valence-electron chi connectivity index (χ2n) is 2.56. The van der Waals surface area contributed by atoms with Crippen LogP contribution in [-0.4, -0.2) is 26.8 Å². The third kappa shape index (κ3) is 1.31. The monoisotopic (exact) mass is 171 g/mol. The number of nitrogens with one attached hydrogen (secondary N) is 2. The standard InChI is InChI=1S/C5H9N5S/c11-5-7-9-10(8-5)4-2-1-3-6-4/h4,6H,1-3H2,(H,8,11). The van der Waals surface area contributed by atoms with Gasteiger partial charge in [0.05, 0.1) is 0 Å². The molecule has 2 N–H and O–H groups in total. The van der Waals surface area contributed by atoms with Gasteiger partial charge in [0, 0.05) is 0 Å². The zero-order valence-electron chi connectivity index (χ0n) is 5.95. The number of hydrogen-bond donors (Lipinski definition) is 2. The van der Waals surface area contributed by atoms with Crippen LogP contribution in [-0.2, 0) is 0 Å². The van der Waals surface area contributed by atoms with Crippen LogP contribution in [0.5, 0.6) is 0 Å². The number of aromatic amines is 1. The molecule has 11 heavy (non-hydrogen) atoms. The molecule has 0 aliphatic carbocycles. The van der Waals surface area contributed by atoms with Crippen molar-refractivity contribution in [2.75, 3.05) is 6.54 Å². The number of nitrogens with zero attached hydrogens (tertiary/aromatic N) is 3. The quantitative estimate of drug-likeness (QED) is 0.593. The fourth-order valence-corrected chi connectivity index (χ4v) is 1.38. The Labute approximate surface area is 68.8 Å². The summed E-state index contributed by atoms with van der Waals surface area (Å²) in [4.78, 5) is 1.68. The summed E-state index contributed by atoms with van der Waals surface area (Å²) in [7, 11) is 0. The Morgan fingerprint density at radius 2 is 2.55 bits per heavy atom. The van der Waals surface area contributed by atoms with Crippen LogP contribution in [0.3, 0.4) is 0 Å². The molecular formula is C5H9N5S. The van der Waals surface area contributed by atoms with Crippen molar-refractivity contribution in [3.05, 3.63) is 4.77 Å². The maximum absolute atomic E-state index is 4.79. The van der Waals surface area contributed by atoms with Crippen LogP contribution in [0.25, 0.3) is 0 Å². The predicted molar refractivity (Wildman–Crippen MR) is 41.5 cm³/mol. The van der Waals surface area contributed by atoms with E-state index in [-0.39, 0.29) is 6.17 Å². The van der Waals surface area contributed by atoms with Gasteiger partial charge in [0.1, 0.15) is 6.17 Å². The molecule has 6 heteroatoms. The maximum atomic E-state index is 4.79. The summed E-state index contributed by atoms with van der Waals surface area (Å²) >= 11 is 4.79. The Morgan fingerprint density at radius 3 is 3.09 bits per heavy atom. The van der Waals surface area contributed by atoms with Gasteiger partial charge in [0.2, 0.25) is 4.77 Å². The molecule has 1 saturated heterocycles. The van der Waals surface area contributed by atoms with E-state index in [0.717, 1.165) is 13.0 Å². The Balaban J connectivity index is 2.21. The summed E-state index contributed by atoms with van der Waals surface area (Å²) < 4.78 is 0.443. The summed E-state index contributed by atoms with van der Waals surface area (Å²) in [5.41, 5.74) is 0. The normalized spacial score (nSPS) is 24.2. The molecule has 1 aliphatic rings. The van der Waals surface area contributed by atoms with Gasteiger partial charge in [-0.15, -0.1) is 0 Å². The Hall–Kier alpha value is -0.750. The lowest BCUT2D eigenvalue weighted by Crippen LogP contribution is -2.22. The molecule has 1 aliphatic heterocycles. The molecule has 2 rings (SSSR count). The topological polar surface area (TPSA) is 58.5 Å². The van der Waals surface area contributed by atoms with Gasteiger partial charge in [0.25, 0.3) is 0 Å². The second-order valence-corrected chi connectivity index (χ2v) is 2.95. The first kappa shape index (κ1) is 6.93. The average Bonchev–Trinajstić information content (AvgIpc) is 2.55. The largest absolute Gasteiger partial charge is 0.294 e. The highest BCUT2D eigenvalue weighted by molar-refractivity contribution is 7.71. The molecule has 5 nitrogen and oxygen atoms in total. The van der Waals surface area contributed by atoms with Crippen LogP contribution in [0.4, 0.5) is 0 Å². The lowest BCUT2D eigenvalue weighted by atomic mass is 10.3. The van der Waals surface area contributed by atoms with E-state index >= 15 is 0 Å². The van der Waals surface area contributed by atoms with E-state index in [1.807, 2.05) is 0 Å². The molecule has 1 fully saturated rings. The fourth-order valence-electron chi connectivity index (χ4n) is 1.25. The van der Waals surface area contributed by atoms with Gasteiger partial charge in [-0.3, -0.25) is 10.4 Å². The number of H-pyrrole nitrogens is 1. The van der Waals surface area contributed by atoms with Gasteiger partial charge in [-0.05, 0) is 36.8 Å². The molecule has 0 radical (unpaired) electrons. The van der Waals surface area contributed by atoms with E-state index in [0.29, 0.717) is 4.77 Å². The third-order valence-electron chi connectivity index (χ3n) is 1.77. The van der Waals surface area contributed by atoms with Gasteiger partial charge in [-0.25, -0.2) is 0 Å². The molecule has 1 aromatic heterocycles. The summed E-state index contributed by atoms with van der Waals surface area (Å²) in [6, 6.07) is 0. The van der Waals surface area contributed by atoms with Crippen molar-refractivity contribution in [1.82, 2.24) is 25.5 Å². The molecule has 0 spiro atoms. The van der Waals surface area contributed by atoms with Gasteiger partial charge in [0.15, 0.2) is 0 Å². The molecule has 60 valence electrons. The van der Waals surface area contributed by atoms with E-state index in [1.54, 1.807) is 4.80 Å². The molecule has 1 unspecified atom stereocenters. The van der Waals surface area contributed by atoms with Crippen LogP contribution in [0, 0.1) is 4.77 Å². The van der Waals surface area contributed by atoms with Crippen molar-refractivity contribution in [1.29, 1.82) is 0 Å². The maximum Gasteiger partial charge on any atom is 0.235 e. The molecule has 0 bridgehead atoms. The Bertz CT molecular complexity index is 283. The van der Waals surface area contributed by atoms with Crippen molar-refractivity contribution in [2.45, 2.75) is 19.0 Å². The molecule has 0 saturated carbocycles. The number of hydrogen-bond acceptors (Lipinski definition) is 4. The highest BCUT2D eigenvalue weighted by Gasteiger charge is 2.16. The van der Waals surface area contributed by atoms with Gasteiger partial charge >= 0.3 is 0 Å². The van der Waals surface area contributed by atoms with Crippen LogP contribution in [0.2, 0.25) is 0 Å². The van der Waals surface area contributed by atoms with Gasteiger partial charge < -0.3 is 0 Å². The highest BCUT2D eigenvalue weighted by Crippen LogP contribution is 2.12. The van der Waals surface area contributed by atoms with E-state index in [2.05, 4.69) is 20.7 Å². The van der Waals surface area contributed by atoms with Crippen molar-refractivity contribution >= 4 is 12.2 Å². The van der Waals surface area contributed by atoms with E-state index in [4.69, 9.17) is 12.2 Å². The van der Waals surface area contributed by atoms with Crippen LogP contribution in [0.1, 0.15) is 19.0 Å². The molecule has 1 atom stereocenters. The fraction of sp³-hybridized carbons (Fsp3) is 0.800. The Kier molecular flexibility index (Phi) is 1.71. The van der Waals surface area contributed by atoms with Crippen LogP contribution < -0.4 is 5.32 Å². The second kappa shape index (κ2) is 2.71. The van der Waals surface area contributed by atoms with Crippen molar-refractivity contribution in [3.8, 4) is 0 Å². The third-order valence-corrected chi connectivity index (χ3v) is 1.94. The average molecular weight is 171 g/mol. The van der Waals surface area contributed by atoms with Gasteiger partial charge in [-0.1, -0.05) is 5.10 Å². The molecule has 2 heterocycles. The molecule has 1 aromatic rings. The summed E-state index contributed by atoms with van der Waals surface area (Å²) in [6.45, 7) is 1.05. The molecule has 0 aromatic carbocycles. The minimum Gasteiger partial charge on any atom is -0.294 e. The zero-order valence-corrected chi connectivity index (χ0v) is 6.77. The molecular weight excluding hydrogens is 162 g/mol. The number of tetrazole rings is 1. The predicted octanol–water partition coefficient (Wildman–Crippen LogP) is 0.218. The van der Waals surface area contributed by atoms with Crippen molar-refractivity contribution in [2.24, 2.45) is 0 Å². The highest BCUT2D eigenvalue weighted by atomic mass is 32.1. The first-order valence-electron chi connectivity index (χ1n) is 3.61. The van der Waals surface area contributed by atoms with Crippen molar-refractivity contribution in [3.63, 3.8) is 0 Å². The van der Waals surface area contributed by atoms with Crippen molar-refractivity contribution < 1.29 is 0 Å². The van der Waals surface area contributed by atoms with Gasteiger partial charge in [-0.2, -0.15) is 4.80 Å². The van der Waals surface area contributed by atoms with E-state index in [9.17, 15) is 0 Å². The zero-order chi connectivity index (χ0) is 7.68. The summed E-state index contributed by atoms with van der Waals surface area (Å²) in [5, 5.41) is 13.7. The summed E-state index contributed by atoms with van der Waals surface area (Å²) in [6.07, 6.45) is 2.54. The van der Waals surface area contributed by atoms with E-state index in [1.165, 1.54) is 6.42 Å². The lowest BCUT2D eigenvalue weighted by molar-refractivity contribution is 0.370. The first-order chi connectivity index (χ1) is 5.36. The minimum atomic E-state index is 0.263. The summed E-state index contributed by atoms with van der Waals surface area (Å²) in [5.74, 6) is 0. The number of rotatable bonds is 1. The minimum absolute atomic E-state index is 0.263. The Morgan fingerprint density at radius 1 is 1.64 bits per heavy atom. The number of aromatic nitrogens is 4.